The first kappa shape index (κ1) is 7.11. The monoisotopic (exact) mass is 150 g/mol. The van der Waals surface area contributed by atoms with Crippen molar-refractivity contribution in [2.45, 2.75) is 18.4 Å². The fourth-order valence-corrected chi connectivity index (χ4v) is 2.40. The predicted octanol–water partition coefficient (Wildman–Crippen LogP) is 2.15. The molecule has 0 aromatic rings. The van der Waals surface area contributed by atoms with Crippen molar-refractivity contribution >= 4 is 0 Å². The third kappa shape index (κ3) is 0.807. The second-order valence-electron chi connectivity index (χ2n) is 3.55. The lowest BCUT2D eigenvalue weighted by Gasteiger charge is -2.30. The number of fused-ring (bicyclic) bond motifs is 2. The average molecular weight is 150 g/mol. The van der Waals surface area contributed by atoms with Crippen molar-refractivity contribution in [1.29, 1.82) is 0 Å². The van der Waals surface area contributed by atoms with Crippen LogP contribution in [0.4, 0.5) is 0 Å². The minimum absolute atomic E-state index is 0.0284. The van der Waals surface area contributed by atoms with E-state index in [1.54, 1.807) is 7.11 Å². The quantitative estimate of drug-likeness (QED) is 0.548. The topological polar surface area (TPSA) is 9.23 Å². The Balaban J connectivity index is 2.28. The molecule has 0 aromatic carbocycles. The van der Waals surface area contributed by atoms with Gasteiger partial charge in [0.25, 0.3) is 0 Å². The number of hydrogen-bond acceptors (Lipinski definition) is 1. The van der Waals surface area contributed by atoms with Gasteiger partial charge < -0.3 is 4.74 Å². The zero-order valence-electron chi connectivity index (χ0n) is 6.92. The zero-order chi connectivity index (χ0) is 7.90. The van der Waals surface area contributed by atoms with Gasteiger partial charge in [0.2, 0.25) is 0 Å². The van der Waals surface area contributed by atoms with Gasteiger partial charge in [0.05, 0.1) is 5.60 Å². The van der Waals surface area contributed by atoms with Crippen molar-refractivity contribution in [3.8, 4) is 0 Å². The summed E-state index contributed by atoms with van der Waals surface area (Å²) in [6, 6.07) is 0. The van der Waals surface area contributed by atoms with Crippen molar-refractivity contribution < 1.29 is 4.74 Å². The van der Waals surface area contributed by atoms with Crippen molar-refractivity contribution in [3.63, 3.8) is 0 Å². The largest absolute Gasteiger partial charge is 0.374 e. The summed E-state index contributed by atoms with van der Waals surface area (Å²) in [6.45, 7) is 3.85. The van der Waals surface area contributed by atoms with E-state index in [-0.39, 0.29) is 5.60 Å². The van der Waals surface area contributed by atoms with Gasteiger partial charge in [-0.15, -0.1) is 6.58 Å². The van der Waals surface area contributed by atoms with E-state index in [0.717, 1.165) is 12.3 Å². The van der Waals surface area contributed by atoms with Crippen LogP contribution in [-0.4, -0.2) is 12.7 Å². The molecule has 2 aliphatic carbocycles. The summed E-state index contributed by atoms with van der Waals surface area (Å²) in [7, 11) is 1.79. The molecule has 3 unspecified atom stereocenters. The van der Waals surface area contributed by atoms with E-state index in [0.29, 0.717) is 5.92 Å². The number of rotatable bonds is 2. The third-order valence-electron chi connectivity index (χ3n) is 3.11. The maximum absolute atomic E-state index is 5.51. The van der Waals surface area contributed by atoms with E-state index in [1.807, 2.05) is 6.08 Å². The van der Waals surface area contributed by atoms with Crippen LogP contribution in [0.15, 0.2) is 24.8 Å². The molecule has 60 valence electrons. The Morgan fingerprint density at radius 2 is 2.45 bits per heavy atom. The summed E-state index contributed by atoms with van der Waals surface area (Å²) in [5.74, 6) is 1.34. The third-order valence-corrected chi connectivity index (χ3v) is 3.11. The van der Waals surface area contributed by atoms with Gasteiger partial charge in [-0.2, -0.15) is 0 Å². The fraction of sp³-hybridized carbons (Fsp3) is 0.600. The summed E-state index contributed by atoms with van der Waals surface area (Å²) in [6.07, 6.45) is 8.96. The minimum Gasteiger partial charge on any atom is -0.374 e. The first-order valence-electron chi connectivity index (χ1n) is 4.18. The Morgan fingerprint density at radius 3 is 2.73 bits per heavy atom. The van der Waals surface area contributed by atoms with Crippen molar-refractivity contribution in [1.82, 2.24) is 0 Å². The molecule has 1 fully saturated rings. The van der Waals surface area contributed by atoms with Gasteiger partial charge >= 0.3 is 0 Å². The maximum Gasteiger partial charge on any atom is 0.0924 e. The molecular weight excluding hydrogens is 136 g/mol. The van der Waals surface area contributed by atoms with Crippen molar-refractivity contribution in [3.05, 3.63) is 24.8 Å². The minimum atomic E-state index is -0.0284. The van der Waals surface area contributed by atoms with Crippen LogP contribution >= 0.6 is 0 Å². The van der Waals surface area contributed by atoms with Gasteiger partial charge in [0.15, 0.2) is 0 Å². The Labute approximate surface area is 67.7 Å². The van der Waals surface area contributed by atoms with Crippen LogP contribution in [0.2, 0.25) is 0 Å². The molecule has 0 amide bonds. The first-order chi connectivity index (χ1) is 5.30. The predicted molar refractivity (Wildman–Crippen MR) is 45.3 cm³/mol. The highest BCUT2D eigenvalue weighted by Crippen LogP contribution is 2.48. The molecule has 3 atom stereocenters. The molecule has 0 aromatic heterocycles. The van der Waals surface area contributed by atoms with Crippen LogP contribution in [0.5, 0.6) is 0 Å². The summed E-state index contributed by atoms with van der Waals surface area (Å²) < 4.78 is 5.51. The lowest BCUT2D eigenvalue weighted by atomic mass is 9.88. The number of allylic oxidation sites excluding steroid dienone is 1. The van der Waals surface area contributed by atoms with Gasteiger partial charge in [0, 0.05) is 13.0 Å². The SMILES string of the molecule is C=CC1(OC)CC2C=CC1C2. The van der Waals surface area contributed by atoms with Crippen molar-refractivity contribution in [2.24, 2.45) is 11.8 Å². The molecule has 0 saturated heterocycles. The molecule has 1 heteroatoms. The number of methoxy groups -OCH3 is 1. The summed E-state index contributed by atoms with van der Waals surface area (Å²) in [5, 5.41) is 0. The molecule has 0 spiro atoms. The van der Waals surface area contributed by atoms with Gasteiger partial charge in [0.1, 0.15) is 0 Å². The van der Waals surface area contributed by atoms with Crippen molar-refractivity contribution in [2.75, 3.05) is 7.11 Å². The zero-order valence-corrected chi connectivity index (χ0v) is 6.92. The van der Waals surface area contributed by atoms with E-state index >= 15 is 0 Å². The Bertz CT molecular complexity index is 207. The van der Waals surface area contributed by atoms with Gasteiger partial charge in [-0.25, -0.2) is 0 Å². The highest BCUT2D eigenvalue weighted by atomic mass is 16.5. The van der Waals surface area contributed by atoms with E-state index in [4.69, 9.17) is 4.74 Å². The van der Waals surface area contributed by atoms with Crippen LogP contribution in [0.25, 0.3) is 0 Å². The highest BCUT2D eigenvalue weighted by Gasteiger charge is 2.46. The van der Waals surface area contributed by atoms with Gasteiger partial charge in [-0.05, 0) is 18.8 Å². The lowest BCUT2D eigenvalue weighted by molar-refractivity contribution is 0.0115. The fourth-order valence-electron chi connectivity index (χ4n) is 2.40. The van der Waals surface area contributed by atoms with E-state index in [2.05, 4.69) is 18.7 Å². The summed E-state index contributed by atoms with van der Waals surface area (Å²) in [4.78, 5) is 0. The van der Waals surface area contributed by atoms with Gasteiger partial charge in [-0.1, -0.05) is 18.2 Å². The van der Waals surface area contributed by atoms with Gasteiger partial charge in [-0.3, -0.25) is 0 Å². The normalized spacial score (nSPS) is 46.6. The molecule has 0 radical (unpaired) electrons. The number of ether oxygens (including phenoxy) is 1. The molecule has 1 nitrogen and oxygen atoms in total. The molecule has 0 N–H and O–H groups in total. The Hall–Kier alpha value is -0.560. The second-order valence-corrected chi connectivity index (χ2v) is 3.55. The molecule has 11 heavy (non-hydrogen) atoms. The summed E-state index contributed by atoms with van der Waals surface area (Å²) in [5.41, 5.74) is -0.0284. The van der Waals surface area contributed by atoms with Crippen LogP contribution in [-0.2, 0) is 4.74 Å². The average Bonchev–Trinajstić information content (AvgIpc) is 2.62. The molecule has 2 aliphatic rings. The first-order valence-corrected chi connectivity index (χ1v) is 4.18. The highest BCUT2D eigenvalue weighted by molar-refractivity contribution is 5.22. The molecule has 2 bridgehead atoms. The molecule has 2 rings (SSSR count). The van der Waals surface area contributed by atoms with Crippen LogP contribution < -0.4 is 0 Å². The standard InChI is InChI=1S/C10H14O/c1-3-10(11-2)7-8-4-5-9(10)6-8/h3-5,8-9H,1,6-7H2,2H3. The lowest BCUT2D eigenvalue weighted by Crippen LogP contribution is -2.33. The van der Waals surface area contributed by atoms with Crippen LogP contribution in [0.1, 0.15) is 12.8 Å². The molecule has 0 heterocycles. The molecule has 1 saturated carbocycles. The molecule has 0 aliphatic heterocycles. The Morgan fingerprint density at radius 1 is 1.64 bits per heavy atom. The Kier molecular flexibility index (Phi) is 1.43. The van der Waals surface area contributed by atoms with E-state index < -0.39 is 0 Å². The van der Waals surface area contributed by atoms with Crippen LogP contribution in [0.3, 0.4) is 0 Å². The van der Waals surface area contributed by atoms with E-state index in [9.17, 15) is 0 Å². The number of hydrogen-bond donors (Lipinski definition) is 0. The van der Waals surface area contributed by atoms with Crippen LogP contribution in [0, 0.1) is 11.8 Å². The maximum atomic E-state index is 5.51. The smallest absolute Gasteiger partial charge is 0.0924 e. The summed E-state index contributed by atoms with van der Waals surface area (Å²) >= 11 is 0. The second kappa shape index (κ2) is 2.21. The van der Waals surface area contributed by atoms with E-state index in [1.165, 1.54) is 6.42 Å². The molecular formula is C10H14O.